The van der Waals surface area contributed by atoms with Gasteiger partial charge in [0.1, 0.15) is 5.82 Å². The number of aromatic nitrogens is 1. The zero-order valence-electron chi connectivity index (χ0n) is 15.2. The number of nitrogens with one attached hydrogen (secondary N) is 1. The topological polar surface area (TPSA) is 57.8 Å². The predicted molar refractivity (Wildman–Crippen MR) is 96.1 cm³/mol. The van der Waals surface area contributed by atoms with Gasteiger partial charge >= 0.3 is 0 Å². The second kappa shape index (κ2) is 6.76. The minimum absolute atomic E-state index is 0.0536. The van der Waals surface area contributed by atoms with Gasteiger partial charge in [0.25, 0.3) is 5.56 Å². The Morgan fingerprint density at radius 2 is 2.08 bits per heavy atom. The van der Waals surface area contributed by atoms with Crippen molar-refractivity contribution in [3.05, 3.63) is 22.5 Å². The molecule has 24 heavy (non-hydrogen) atoms. The van der Waals surface area contributed by atoms with Crippen molar-refractivity contribution in [2.24, 2.45) is 0 Å². The van der Waals surface area contributed by atoms with E-state index in [2.05, 4.69) is 41.6 Å². The molecule has 134 valence electrons. The van der Waals surface area contributed by atoms with Gasteiger partial charge in [-0.3, -0.25) is 4.79 Å². The van der Waals surface area contributed by atoms with Gasteiger partial charge in [0.15, 0.2) is 0 Å². The average Bonchev–Trinajstić information content (AvgIpc) is 3.05. The molecule has 6 heteroatoms. The largest absolute Gasteiger partial charge is 0.377 e. The maximum absolute atomic E-state index is 12.3. The highest BCUT2D eigenvalue weighted by molar-refractivity contribution is 5.57. The van der Waals surface area contributed by atoms with Gasteiger partial charge in [-0.05, 0) is 33.6 Å². The molecule has 2 fully saturated rings. The summed E-state index contributed by atoms with van der Waals surface area (Å²) in [5.41, 5.74) is 0.669. The van der Waals surface area contributed by atoms with Crippen molar-refractivity contribution in [2.45, 2.75) is 51.3 Å². The first-order chi connectivity index (χ1) is 11.4. The van der Waals surface area contributed by atoms with Crippen LogP contribution >= 0.6 is 0 Å². The molecule has 0 spiro atoms. The fraction of sp³-hybridized carbons (Fsp3) is 0.722. The van der Waals surface area contributed by atoms with Crippen LogP contribution in [0.2, 0.25) is 0 Å². The van der Waals surface area contributed by atoms with Gasteiger partial charge in [-0.2, -0.15) is 0 Å². The molecule has 3 rings (SSSR count). The van der Waals surface area contributed by atoms with Crippen LogP contribution in [-0.2, 0) is 9.47 Å². The van der Waals surface area contributed by atoms with Crippen LogP contribution in [0, 0.1) is 0 Å². The lowest BCUT2D eigenvalue weighted by Crippen LogP contribution is -2.48. The Labute approximate surface area is 143 Å². The lowest BCUT2D eigenvalue weighted by molar-refractivity contribution is 0.00178. The number of hydrogen-bond acceptors (Lipinski definition) is 5. The summed E-state index contributed by atoms with van der Waals surface area (Å²) in [5.74, 6) is 0.892. The third-order valence-corrected chi connectivity index (χ3v) is 5.40. The molecule has 6 nitrogen and oxygen atoms in total. The highest BCUT2D eigenvalue weighted by Gasteiger charge is 2.38. The molecule has 0 saturated carbocycles. The molecule has 0 aliphatic carbocycles. The summed E-state index contributed by atoms with van der Waals surface area (Å²) in [6, 6.07) is 4.33. The Hall–Kier alpha value is -1.53. The van der Waals surface area contributed by atoms with Crippen LogP contribution in [0.25, 0.3) is 0 Å². The number of methoxy groups -OCH3 is 1. The Morgan fingerprint density at radius 3 is 2.79 bits per heavy atom. The van der Waals surface area contributed by atoms with E-state index < -0.39 is 0 Å². The van der Waals surface area contributed by atoms with Crippen molar-refractivity contribution in [3.8, 4) is 0 Å². The Kier molecular flexibility index (Phi) is 4.88. The summed E-state index contributed by atoms with van der Waals surface area (Å²) < 4.78 is 11.2. The molecule has 1 aromatic rings. The molecule has 0 unspecified atom stereocenters. The molecule has 0 bridgehead atoms. The van der Waals surface area contributed by atoms with E-state index in [0.717, 1.165) is 37.4 Å². The van der Waals surface area contributed by atoms with E-state index in [1.807, 2.05) is 0 Å². The van der Waals surface area contributed by atoms with E-state index in [9.17, 15) is 4.79 Å². The fourth-order valence-electron chi connectivity index (χ4n) is 3.86. The number of anilines is 2. The first-order valence-corrected chi connectivity index (χ1v) is 8.83. The quantitative estimate of drug-likeness (QED) is 0.912. The van der Waals surface area contributed by atoms with Crippen LogP contribution in [-0.4, -0.2) is 56.1 Å². The van der Waals surface area contributed by atoms with Crippen molar-refractivity contribution in [2.75, 3.05) is 43.2 Å². The van der Waals surface area contributed by atoms with Gasteiger partial charge in [-0.25, -0.2) is 0 Å². The lowest BCUT2D eigenvalue weighted by atomic mass is 9.96. The van der Waals surface area contributed by atoms with Crippen molar-refractivity contribution in [1.82, 2.24) is 4.98 Å². The van der Waals surface area contributed by atoms with E-state index in [0.29, 0.717) is 13.2 Å². The number of ether oxygens (including phenoxy) is 2. The second-order valence-electron chi connectivity index (χ2n) is 7.36. The summed E-state index contributed by atoms with van der Waals surface area (Å²) in [5, 5.41) is 0. The van der Waals surface area contributed by atoms with Crippen LogP contribution in [0.5, 0.6) is 0 Å². The van der Waals surface area contributed by atoms with Gasteiger partial charge in [0.05, 0.1) is 24.9 Å². The number of hydrogen-bond donors (Lipinski definition) is 1. The molecule has 2 saturated heterocycles. The first kappa shape index (κ1) is 17.3. The summed E-state index contributed by atoms with van der Waals surface area (Å²) in [6.07, 6.45) is 2.18. The maximum atomic E-state index is 12.3. The van der Waals surface area contributed by atoms with Crippen molar-refractivity contribution in [3.63, 3.8) is 0 Å². The molecule has 3 heterocycles. The standard InChI is InChI=1S/C18H29N3O3/c1-13-12-24-9-8-20(13)14-10-16(19-17(22)11-14)21-7-5-6-15(21)18(2,3)23-4/h10-11,13,15H,5-9,12H2,1-4H3,(H,19,22)/t13-,15-/m1/s1. The number of nitrogens with zero attached hydrogens (tertiary/aromatic N) is 2. The van der Waals surface area contributed by atoms with E-state index in [1.165, 1.54) is 0 Å². The van der Waals surface area contributed by atoms with Crippen LogP contribution in [0.4, 0.5) is 11.5 Å². The Balaban J connectivity index is 1.92. The number of H-pyrrole nitrogens is 1. The number of pyridine rings is 1. The third-order valence-electron chi connectivity index (χ3n) is 5.40. The van der Waals surface area contributed by atoms with Crippen molar-refractivity contribution in [1.29, 1.82) is 0 Å². The SMILES string of the molecule is COC(C)(C)[C@H]1CCCN1c1cc(N2CCOC[C@H]2C)cc(=O)[nH]1. The van der Waals surface area contributed by atoms with Gasteiger partial charge in [0, 0.05) is 44.1 Å². The van der Waals surface area contributed by atoms with Crippen LogP contribution < -0.4 is 15.4 Å². The highest BCUT2D eigenvalue weighted by atomic mass is 16.5. The molecular formula is C18H29N3O3. The monoisotopic (exact) mass is 335 g/mol. The van der Waals surface area contributed by atoms with Crippen LogP contribution in [0.3, 0.4) is 0 Å². The molecular weight excluding hydrogens is 306 g/mol. The zero-order chi connectivity index (χ0) is 17.3. The number of morpholine rings is 1. The van der Waals surface area contributed by atoms with Gasteiger partial charge in [-0.15, -0.1) is 0 Å². The second-order valence-corrected chi connectivity index (χ2v) is 7.36. The maximum Gasteiger partial charge on any atom is 0.251 e. The molecule has 0 aromatic carbocycles. The molecule has 0 amide bonds. The highest BCUT2D eigenvalue weighted by Crippen LogP contribution is 2.33. The number of aromatic amines is 1. The predicted octanol–water partition coefficient (Wildman–Crippen LogP) is 1.99. The van der Waals surface area contributed by atoms with Crippen LogP contribution in [0.1, 0.15) is 33.6 Å². The summed E-state index contributed by atoms with van der Waals surface area (Å²) in [7, 11) is 1.76. The van der Waals surface area contributed by atoms with E-state index in [-0.39, 0.29) is 23.2 Å². The Morgan fingerprint density at radius 1 is 1.29 bits per heavy atom. The first-order valence-electron chi connectivity index (χ1n) is 8.83. The van der Waals surface area contributed by atoms with Gasteiger partial charge < -0.3 is 24.3 Å². The van der Waals surface area contributed by atoms with Gasteiger partial charge in [0.2, 0.25) is 0 Å². The molecule has 1 N–H and O–H groups in total. The lowest BCUT2D eigenvalue weighted by Gasteiger charge is -2.39. The molecule has 2 aliphatic rings. The molecule has 1 aromatic heterocycles. The number of rotatable bonds is 4. The third kappa shape index (κ3) is 3.30. The summed E-state index contributed by atoms with van der Waals surface area (Å²) in [6.45, 7) is 9.52. The van der Waals surface area contributed by atoms with E-state index in [1.54, 1.807) is 13.2 Å². The molecule has 2 atom stereocenters. The molecule has 0 radical (unpaired) electrons. The normalized spacial score (nSPS) is 25.3. The van der Waals surface area contributed by atoms with E-state index >= 15 is 0 Å². The van der Waals surface area contributed by atoms with Crippen LogP contribution in [0.15, 0.2) is 16.9 Å². The molecule has 2 aliphatic heterocycles. The summed E-state index contributed by atoms with van der Waals surface area (Å²) >= 11 is 0. The van der Waals surface area contributed by atoms with E-state index in [4.69, 9.17) is 9.47 Å². The zero-order valence-corrected chi connectivity index (χ0v) is 15.2. The minimum Gasteiger partial charge on any atom is -0.377 e. The fourth-order valence-corrected chi connectivity index (χ4v) is 3.86. The average molecular weight is 335 g/mol. The van der Waals surface area contributed by atoms with Crippen molar-refractivity contribution < 1.29 is 9.47 Å². The Bertz CT molecular complexity index is 628. The summed E-state index contributed by atoms with van der Waals surface area (Å²) in [4.78, 5) is 19.8. The minimum atomic E-state index is -0.254. The smallest absolute Gasteiger partial charge is 0.251 e. The van der Waals surface area contributed by atoms with Gasteiger partial charge in [-0.1, -0.05) is 0 Å². The van der Waals surface area contributed by atoms with Crippen molar-refractivity contribution >= 4 is 11.5 Å².